The van der Waals surface area contributed by atoms with Gasteiger partial charge >= 0.3 is 0 Å². The third kappa shape index (κ3) is 2.92. The third-order valence-electron chi connectivity index (χ3n) is 4.12. The molecule has 3 aliphatic rings. The number of amides is 1. The zero-order valence-corrected chi connectivity index (χ0v) is 10.8. The maximum Gasteiger partial charge on any atom is 0.225 e. The zero-order valence-electron chi connectivity index (χ0n) is 9.98. The summed E-state index contributed by atoms with van der Waals surface area (Å²) in [5.41, 5.74) is 0. The van der Waals surface area contributed by atoms with Crippen molar-refractivity contribution in [1.82, 2.24) is 10.6 Å². The molecule has 4 nitrogen and oxygen atoms in total. The molecular weight excluding hydrogens is 240 g/mol. The predicted octanol–water partition coefficient (Wildman–Crippen LogP) is 0.844. The summed E-state index contributed by atoms with van der Waals surface area (Å²) in [6, 6.07) is 1.68. The third-order valence-corrected chi connectivity index (χ3v) is 4.12. The number of rotatable bonds is 2. The molecule has 0 aromatic heterocycles. The molecule has 0 spiro atoms. The molecule has 17 heavy (non-hydrogen) atoms. The van der Waals surface area contributed by atoms with E-state index in [1.54, 1.807) is 0 Å². The van der Waals surface area contributed by atoms with Gasteiger partial charge in [0.25, 0.3) is 0 Å². The Hall–Kier alpha value is -0.320. The van der Waals surface area contributed by atoms with Gasteiger partial charge in [0.05, 0.1) is 12.5 Å². The van der Waals surface area contributed by atoms with Gasteiger partial charge in [0.2, 0.25) is 5.91 Å². The monoisotopic (exact) mass is 260 g/mol. The lowest BCUT2D eigenvalue weighted by molar-refractivity contribution is -0.125. The highest BCUT2D eigenvalue weighted by molar-refractivity contribution is 5.85. The smallest absolute Gasteiger partial charge is 0.225 e. The molecule has 3 unspecified atom stereocenters. The number of fused-ring (bicyclic) bond motifs is 2. The fourth-order valence-corrected chi connectivity index (χ4v) is 3.24. The summed E-state index contributed by atoms with van der Waals surface area (Å²) in [6.07, 6.45) is 5.67. The molecule has 5 heteroatoms. The maximum absolute atomic E-state index is 11.9. The van der Waals surface area contributed by atoms with Gasteiger partial charge in [-0.25, -0.2) is 0 Å². The van der Waals surface area contributed by atoms with E-state index in [9.17, 15) is 4.79 Å². The first-order valence-corrected chi connectivity index (χ1v) is 6.45. The number of ether oxygens (including phenoxy) is 1. The molecule has 0 aromatic rings. The van der Waals surface area contributed by atoms with Crippen LogP contribution in [-0.4, -0.2) is 37.2 Å². The topological polar surface area (TPSA) is 50.4 Å². The Morgan fingerprint density at radius 3 is 2.47 bits per heavy atom. The Bertz CT molecular complexity index is 270. The number of halogens is 1. The quantitative estimate of drug-likeness (QED) is 0.774. The minimum absolute atomic E-state index is 0. The Kier molecular flexibility index (Phi) is 4.28. The Morgan fingerprint density at radius 2 is 1.88 bits per heavy atom. The molecule has 2 N–H and O–H groups in total. The Morgan fingerprint density at radius 1 is 1.18 bits per heavy atom. The standard InChI is InChI=1S/C12H20N2O2.ClH/c15-12(8-3-4-16-7-8)14-11-5-9-1-2-10(6-11)13-9;/h8-11,13H,1-7H2,(H,14,15);1H. The SMILES string of the molecule is Cl.O=C(NC1CC2CCC(C1)N2)C1CCOC1. The first-order chi connectivity index (χ1) is 7.81. The molecular formula is C12H21ClN2O2. The van der Waals surface area contributed by atoms with E-state index in [-0.39, 0.29) is 24.2 Å². The number of piperidine rings is 1. The molecule has 2 bridgehead atoms. The van der Waals surface area contributed by atoms with E-state index in [0.717, 1.165) is 25.9 Å². The maximum atomic E-state index is 11.9. The molecule has 98 valence electrons. The highest BCUT2D eigenvalue weighted by atomic mass is 35.5. The number of hydrogen-bond acceptors (Lipinski definition) is 3. The fourth-order valence-electron chi connectivity index (χ4n) is 3.24. The largest absolute Gasteiger partial charge is 0.381 e. The van der Waals surface area contributed by atoms with Gasteiger partial charge in [-0.1, -0.05) is 0 Å². The Labute approximate surface area is 108 Å². The van der Waals surface area contributed by atoms with Crippen molar-refractivity contribution in [1.29, 1.82) is 0 Å². The van der Waals surface area contributed by atoms with Crippen molar-refractivity contribution in [2.75, 3.05) is 13.2 Å². The van der Waals surface area contributed by atoms with Crippen LogP contribution < -0.4 is 10.6 Å². The van der Waals surface area contributed by atoms with Crippen LogP contribution in [0.4, 0.5) is 0 Å². The van der Waals surface area contributed by atoms with Crippen LogP contribution in [0.3, 0.4) is 0 Å². The van der Waals surface area contributed by atoms with Crippen molar-refractivity contribution in [2.24, 2.45) is 5.92 Å². The molecule has 3 fully saturated rings. The molecule has 0 radical (unpaired) electrons. The lowest BCUT2D eigenvalue weighted by Gasteiger charge is -2.30. The summed E-state index contributed by atoms with van der Waals surface area (Å²) in [4.78, 5) is 11.9. The first-order valence-electron chi connectivity index (χ1n) is 6.45. The van der Waals surface area contributed by atoms with E-state index in [1.165, 1.54) is 12.8 Å². The van der Waals surface area contributed by atoms with Crippen LogP contribution in [0.1, 0.15) is 32.1 Å². The van der Waals surface area contributed by atoms with Crippen LogP contribution in [0.2, 0.25) is 0 Å². The Balaban J connectivity index is 0.00000108. The van der Waals surface area contributed by atoms with E-state index in [2.05, 4.69) is 10.6 Å². The molecule has 0 aromatic carbocycles. The van der Waals surface area contributed by atoms with E-state index < -0.39 is 0 Å². The average Bonchev–Trinajstić information content (AvgIpc) is 2.88. The summed E-state index contributed by atoms with van der Waals surface area (Å²) in [7, 11) is 0. The van der Waals surface area contributed by atoms with Gasteiger partial charge in [0.15, 0.2) is 0 Å². The summed E-state index contributed by atoms with van der Waals surface area (Å²) in [5.74, 6) is 0.316. The lowest BCUT2D eigenvalue weighted by atomic mass is 9.98. The predicted molar refractivity (Wildman–Crippen MR) is 67.3 cm³/mol. The second-order valence-corrected chi connectivity index (χ2v) is 5.38. The van der Waals surface area contributed by atoms with Crippen molar-refractivity contribution in [2.45, 2.75) is 50.2 Å². The molecule has 3 rings (SSSR count). The number of carbonyl (C=O) groups excluding carboxylic acids is 1. The highest BCUT2D eigenvalue weighted by Gasteiger charge is 2.35. The highest BCUT2D eigenvalue weighted by Crippen LogP contribution is 2.27. The van der Waals surface area contributed by atoms with Gasteiger partial charge in [-0.05, 0) is 32.1 Å². The number of carbonyl (C=O) groups is 1. The molecule has 3 heterocycles. The van der Waals surface area contributed by atoms with E-state index in [0.29, 0.717) is 24.7 Å². The number of nitrogens with one attached hydrogen (secondary N) is 2. The van der Waals surface area contributed by atoms with Gasteiger partial charge in [-0.3, -0.25) is 4.79 Å². The van der Waals surface area contributed by atoms with Crippen LogP contribution in [0, 0.1) is 5.92 Å². The van der Waals surface area contributed by atoms with Crippen LogP contribution in [0.5, 0.6) is 0 Å². The average molecular weight is 261 g/mol. The van der Waals surface area contributed by atoms with Crippen LogP contribution >= 0.6 is 12.4 Å². The summed E-state index contributed by atoms with van der Waals surface area (Å²) >= 11 is 0. The van der Waals surface area contributed by atoms with Crippen molar-refractivity contribution in [3.8, 4) is 0 Å². The van der Waals surface area contributed by atoms with Gasteiger partial charge in [-0.2, -0.15) is 0 Å². The van der Waals surface area contributed by atoms with Crippen molar-refractivity contribution >= 4 is 18.3 Å². The molecule has 3 atom stereocenters. The van der Waals surface area contributed by atoms with Crippen molar-refractivity contribution in [3.63, 3.8) is 0 Å². The fraction of sp³-hybridized carbons (Fsp3) is 0.917. The van der Waals surface area contributed by atoms with Gasteiger partial charge in [-0.15, -0.1) is 12.4 Å². The van der Waals surface area contributed by atoms with Crippen molar-refractivity contribution in [3.05, 3.63) is 0 Å². The van der Waals surface area contributed by atoms with E-state index >= 15 is 0 Å². The van der Waals surface area contributed by atoms with Gasteiger partial charge in [0.1, 0.15) is 0 Å². The van der Waals surface area contributed by atoms with Gasteiger partial charge < -0.3 is 15.4 Å². The van der Waals surface area contributed by atoms with E-state index in [4.69, 9.17) is 4.74 Å². The summed E-state index contributed by atoms with van der Waals surface area (Å²) in [6.45, 7) is 1.36. The second-order valence-electron chi connectivity index (χ2n) is 5.38. The van der Waals surface area contributed by atoms with Crippen LogP contribution in [-0.2, 0) is 9.53 Å². The molecule has 1 amide bonds. The minimum atomic E-state index is 0. The minimum Gasteiger partial charge on any atom is -0.381 e. The first kappa shape index (κ1) is 13.1. The van der Waals surface area contributed by atoms with Crippen LogP contribution in [0.15, 0.2) is 0 Å². The molecule has 0 aliphatic carbocycles. The number of hydrogen-bond donors (Lipinski definition) is 2. The van der Waals surface area contributed by atoms with Crippen LogP contribution in [0.25, 0.3) is 0 Å². The lowest BCUT2D eigenvalue weighted by Crippen LogP contribution is -2.49. The molecule has 3 saturated heterocycles. The summed E-state index contributed by atoms with van der Waals surface area (Å²) in [5, 5.41) is 6.79. The van der Waals surface area contributed by atoms with E-state index in [1.807, 2.05) is 0 Å². The normalized spacial score (nSPS) is 39.8. The van der Waals surface area contributed by atoms with Gasteiger partial charge in [0, 0.05) is 24.7 Å². The molecule has 0 saturated carbocycles. The summed E-state index contributed by atoms with van der Waals surface area (Å²) < 4.78 is 5.25. The van der Waals surface area contributed by atoms with Crippen molar-refractivity contribution < 1.29 is 9.53 Å². The molecule has 3 aliphatic heterocycles. The zero-order chi connectivity index (χ0) is 11.0. The second kappa shape index (κ2) is 5.55.